The fourth-order valence-corrected chi connectivity index (χ4v) is 3.19. The number of amides is 1. The van der Waals surface area contributed by atoms with Crippen LogP contribution in [0, 0.1) is 0 Å². The molecule has 5 heteroatoms. The molecule has 33 heavy (non-hydrogen) atoms. The summed E-state index contributed by atoms with van der Waals surface area (Å²) in [6.07, 6.45) is 0. The highest BCUT2D eigenvalue weighted by molar-refractivity contribution is 6.00. The summed E-state index contributed by atoms with van der Waals surface area (Å²) in [5.41, 5.74) is 7.24. The first kappa shape index (κ1) is 24.1. The fraction of sp³-hybridized carbons (Fsp3) is 0.286. The van der Waals surface area contributed by atoms with Crippen LogP contribution in [-0.4, -0.2) is 18.2 Å². The molecule has 0 bridgehead atoms. The van der Waals surface area contributed by atoms with E-state index in [1.165, 1.54) is 5.56 Å². The van der Waals surface area contributed by atoms with Gasteiger partial charge in [-0.05, 0) is 72.4 Å². The Kier molecular flexibility index (Phi) is 7.88. The zero-order valence-electron chi connectivity index (χ0n) is 20.0. The summed E-state index contributed by atoms with van der Waals surface area (Å²) < 4.78 is 11.2. The second kappa shape index (κ2) is 10.8. The van der Waals surface area contributed by atoms with Gasteiger partial charge >= 0.3 is 0 Å². The van der Waals surface area contributed by atoms with E-state index >= 15 is 0 Å². The molecule has 3 aromatic carbocycles. The van der Waals surface area contributed by atoms with Crippen molar-refractivity contribution in [2.24, 2.45) is 5.10 Å². The predicted molar refractivity (Wildman–Crippen MR) is 133 cm³/mol. The van der Waals surface area contributed by atoms with E-state index in [9.17, 15) is 4.79 Å². The molecular formula is C28H32N2O3. The maximum Gasteiger partial charge on any atom is 0.271 e. The lowest BCUT2D eigenvalue weighted by molar-refractivity contribution is 0.0954. The van der Waals surface area contributed by atoms with Gasteiger partial charge in [0.1, 0.15) is 18.1 Å². The lowest BCUT2D eigenvalue weighted by Crippen LogP contribution is -2.19. The van der Waals surface area contributed by atoms with Gasteiger partial charge in [-0.15, -0.1) is 0 Å². The Balaban J connectivity index is 1.54. The van der Waals surface area contributed by atoms with E-state index in [1.54, 1.807) is 12.1 Å². The van der Waals surface area contributed by atoms with Gasteiger partial charge in [-0.2, -0.15) is 5.10 Å². The molecule has 0 aliphatic heterocycles. The second-order valence-electron chi connectivity index (χ2n) is 8.86. The van der Waals surface area contributed by atoms with E-state index in [4.69, 9.17) is 9.47 Å². The van der Waals surface area contributed by atoms with E-state index in [2.05, 4.69) is 43.4 Å². The quantitative estimate of drug-likeness (QED) is 0.336. The normalized spacial score (nSPS) is 11.7. The van der Waals surface area contributed by atoms with Crippen molar-refractivity contribution in [3.8, 4) is 11.5 Å². The lowest BCUT2D eigenvalue weighted by Gasteiger charge is -2.19. The van der Waals surface area contributed by atoms with Gasteiger partial charge in [0.2, 0.25) is 0 Å². The van der Waals surface area contributed by atoms with E-state index in [0.29, 0.717) is 18.8 Å². The van der Waals surface area contributed by atoms with Gasteiger partial charge in [-0.3, -0.25) is 4.79 Å². The summed E-state index contributed by atoms with van der Waals surface area (Å²) in [5, 5.41) is 4.26. The monoisotopic (exact) mass is 444 g/mol. The van der Waals surface area contributed by atoms with Gasteiger partial charge in [0, 0.05) is 5.56 Å². The summed E-state index contributed by atoms with van der Waals surface area (Å²) in [4.78, 5) is 12.5. The predicted octanol–water partition coefficient (Wildman–Crippen LogP) is 6.12. The average Bonchev–Trinajstić information content (AvgIpc) is 2.82. The standard InChI is InChI=1S/C28H32N2O3/c1-6-32-25-15-17-26(18-16-25)33-19-21-7-9-23(10-8-21)27(31)30-29-20(2)22-11-13-24(14-12-22)28(3,4)5/h7-18H,6,19H2,1-5H3,(H,30,31)/b29-20-. The van der Waals surface area contributed by atoms with E-state index < -0.39 is 0 Å². The SMILES string of the molecule is CCOc1ccc(OCc2ccc(C(=O)N/N=C(/C)c3ccc(C(C)(C)C)cc3)cc2)cc1. The van der Waals surface area contributed by atoms with Crippen molar-refractivity contribution in [3.63, 3.8) is 0 Å². The number of hydrazone groups is 1. The Labute approximate surface area is 196 Å². The number of nitrogens with one attached hydrogen (secondary N) is 1. The topological polar surface area (TPSA) is 59.9 Å². The van der Waals surface area contributed by atoms with Crippen LogP contribution in [0.5, 0.6) is 11.5 Å². The molecular weight excluding hydrogens is 412 g/mol. The minimum Gasteiger partial charge on any atom is -0.494 e. The number of hydrogen-bond donors (Lipinski definition) is 1. The van der Waals surface area contributed by atoms with Crippen LogP contribution >= 0.6 is 0 Å². The van der Waals surface area contributed by atoms with Crippen molar-refractivity contribution in [1.29, 1.82) is 0 Å². The average molecular weight is 445 g/mol. The Hall–Kier alpha value is -3.60. The largest absolute Gasteiger partial charge is 0.494 e. The van der Waals surface area contributed by atoms with Crippen molar-refractivity contribution < 1.29 is 14.3 Å². The van der Waals surface area contributed by atoms with Crippen LogP contribution in [0.25, 0.3) is 0 Å². The van der Waals surface area contributed by atoms with Gasteiger partial charge in [0.15, 0.2) is 0 Å². The molecule has 0 radical (unpaired) electrons. The summed E-state index contributed by atoms with van der Waals surface area (Å²) in [6, 6.07) is 23.1. The molecule has 5 nitrogen and oxygen atoms in total. The Morgan fingerprint density at radius 1 is 0.818 bits per heavy atom. The number of nitrogens with zero attached hydrogens (tertiary/aromatic N) is 1. The molecule has 0 atom stereocenters. The zero-order valence-corrected chi connectivity index (χ0v) is 20.0. The molecule has 0 aliphatic rings. The minimum atomic E-state index is -0.250. The minimum absolute atomic E-state index is 0.100. The Morgan fingerprint density at radius 3 is 1.91 bits per heavy atom. The molecule has 172 valence electrons. The molecule has 0 spiro atoms. The van der Waals surface area contributed by atoms with Crippen molar-refractivity contribution >= 4 is 11.6 Å². The van der Waals surface area contributed by atoms with Crippen LogP contribution in [0.1, 0.15) is 61.7 Å². The van der Waals surface area contributed by atoms with Crippen LogP contribution in [0.3, 0.4) is 0 Å². The number of ether oxygens (including phenoxy) is 2. The zero-order chi connectivity index (χ0) is 23.8. The summed E-state index contributed by atoms with van der Waals surface area (Å²) in [7, 11) is 0. The van der Waals surface area contributed by atoms with E-state index in [1.807, 2.05) is 62.4 Å². The molecule has 0 unspecified atom stereocenters. The van der Waals surface area contributed by atoms with E-state index in [0.717, 1.165) is 28.3 Å². The summed E-state index contributed by atoms with van der Waals surface area (Å²) >= 11 is 0. The van der Waals surface area contributed by atoms with Crippen molar-refractivity contribution in [2.45, 2.75) is 46.6 Å². The van der Waals surface area contributed by atoms with Gasteiger partial charge in [0.25, 0.3) is 5.91 Å². The molecule has 0 fully saturated rings. The van der Waals surface area contributed by atoms with Crippen molar-refractivity contribution in [2.75, 3.05) is 6.61 Å². The molecule has 3 rings (SSSR count). The van der Waals surface area contributed by atoms with Crippen LogP contribution in [-0.2, 0) is 12.0 Å². The van der Waals surface area contributed by atoms with Gasteiger partial charge in [0.05, 0.1) is 12.3 Å². The van der Waals surface area contributed by atoms with Crippen LogP contribution in [0.2, 0.25) is 0 Å². The first-order valence-electron chi connectivity index (χ1n) is 11.2. The molecule has 0 heterocycles. The van der Waals surface area contributed by atoms with Gasteiger partial charge in [-0.25, -0.2) is 5.43 Å². The van der Waals surface area contributed by atoms with Crippen molar-refractivity contribution in [3.05, 3.63) is 95.1 Å². The summed E-state index contributed by atoms with van der Waals surface area (Å²) in [5.74, 6) is 1.33. The fourth-order valence-electron chi connectivity index (χ4n) is 3.19. The number of carbonyl (C=O) groups excluding carboxylic acids is 1. The number of carbonyl (C=O) groups is 1. The molecule has 0 saturated carbocycles. The third-order valence-corrected chi connectivity index (χ3v) is 5.25. The first-order chi connectivity index (χ1) is 15.8. The summed E-state index contributed by atoms with van der Waals surface area (Å²) in [6.45, 7) is 11.4. The highest BCUT2D eigenvalue weighted by Gasteiger charge is 2.13. The van der Waals surface area contributed by atoms with Crippen LogP contribution in [0.4, 0.5) is 0 Å². The molecule has 0 saturated heterocycles. The van der Waals surface area contributed by atoms with Gasteiger partial charge < -0.3 is 9.47 Å². The third kappa shape index (κ3) is 6.94. The highest BCUT2D eigenvalue weighted by atomic mass is 16.5. The van der Waals surface area contributed by atoms with Crippen LogP contribution in [0.15, 0.2) is 77.9 Å². The first-order valence-corrected chi connectivity index (χ1v) is 11.2. The van der Waals surface area contributed by atoms with Crippen molar-refractivity contribution in [1.82, 2.24) is 5.43 Å². The lowest BCUT2D eigenvalue weighted by atomic mass is 9.86. The Bertz CT molecular complexity index is 1080. The molecule has 1 amide bonds. The maximum atomic E-state index is 12.5. The molecule has 1 N–H and O–H groups in total. The number of benzene rings is 3. The maximum absolute atomic E-state index is 12.5. The highest BCUT2D eigenvalue weighted by Crippen LogP contribution is 2.22. The smallest absolute Gasteiger partial charge is 0.271 e. The van der Waals surface area contributed by atoms with Crippen LogP contribution < -0.4 is 14.9 Å². The molecule has 0 aliphatic carbocycles. The van der Waals surface area contributed by atoms with Gasteiger partial charge in [-0.1, -0.05) is 57.2 Å². The number of hydrogen-bond acceptors (Lipinski definition) is 4. The molecule has 3 aromatic rings. The number of rotatable bonds is 8. The molecule has 0 aromatic heterocycles. The Morgan fingerprint density at radius 2 is 1.36 bits per heavy atom. The third-order valence-electron chi connectivity index (χ3n) is 5.25. The van der Waals surface area contributed by atoms with E-state index in [-0.39, 0.29) is 11.3 Å². The second-order valence-corrected chi connectivity index (χ2v) is 8.86.